The van der Waals surface area contributed by atoms with Gasteiger partial charge in [0.25, 0.3) is 5.91 Å². The van der Waals surface area contributed by atoms with Crippen molar-refractivity contribution in [1.82, 2.24) is 4.57 Å². The number of thiazole rings is 1. The van der Waals surface area contributed by atoms with Crippen LogP contribution in [0.4, 0.5) is 8.78 Å². The lowest BCUT2D eigenvalue weighted by atomic mass is 10.3. The molecule has 0 aliphatic carbocycles. The summed E-state index contributed by atoms with van der Waals surface area (Å²) in [4.78, 5) is 17.5. The second kappa shape index (κ2) is 8.39. The second-order valence-electron chi connectivity index (χ2n) is 5.36. The van der Waals surface area contributed by atoms with E-state index in [9.17, 15) is 13.6 Å². The number of benzene rings is 1. The van der Waals surface area contributed by atoms with Crippen molar-refractivity contribution < 1.29 is 18.3 Å². The van der Waals surface area contributed by atoms with Crippen LogP contribution in [-0.4, -0.2) is 23.7 Å². The number of hydrogen-bond acceptors (Lipinski definition) is 4. The Kier molecular flexibility index (Phi) is 6.18. The third-order valence-corrected chi connectivity index (χ3v) is 5.79. The third kappa shape index (κ3) is 4.37. The molecule has 0 radical (unpaired) electrons. The van der Waals surface area contributed by atoms with E-state index in [0.717, 1.165) is 22.3 Å². The van der Waals surface area contributed by atoms with Crippen molar-refractivity contribution in [2.24, 2.45) is 4.99 Å². The Morgan fingerprint density at radius 2 is 2.12 bits per heavy atom. The number of aromatic nitrogens is 1. The van der Waals surface area contributed by atoms with E-state index < -0.39 is 11.6 Å². The number of hydrogen-bond donors (Lipinski definition) is 0. The lowest BCUT2D eigenvalue weighted by Crippen LogP contribution is -2.20. The fourth-order valence-electron chi connectivity index (χ4n) is 2.46. The molecule has 0 aliphatic rings. The summed E-state index contributed by atoms with van der Waals surface area (Å²) in [7, 11) is 0. The van der Waals surface area contributed by atoms with Crippen LogP contribution in [0.25, 0.3) is 10.2 Å². The minimum atomic E-state index is -0.688. The lowest BCUT2D eigenvalue weighted by Gasteiger charge is -2.06. The molecule has 3 aromatic rings. The van der Waals surface area contributed by atoms with Crippen LogP contribution in [0.1, 0.15) is 11.8 Å². The van der Waals surface area contributed by atoms with Gasteiger partial charge in [0.15, 0.2) is 10.6 Å². The van der Waals surface area contributed by atoms with E-state index in [1.54, 1.807) is 16.7 Å². The van der Waals surface area contributed by atoms with Gasteiger partial charge in [-0.2, -0.15) is 4.99 Å². The SMILES string of the molecule is CCOCCn1c(=NC(=O)Cc2ccc(Cl)s2)sc2cc(F)cc(F)c21. The van der Waals surface area contributed by atoms with Crippen molar-refractivity contribution >= 4 is 50.4 Å². The summed E-state index contributed by atoms with van der Waals surface area (Å²) in [6.07, 6.45) is 0.105. The van der Waals surface area contributed by atoms with Gasteiger partial charge in [-0.1, -0.05) is 22.9 Å². The topological polar surface area (TPSA) is 43.6 Å². The maximum Gasteiger partial charge on any atom is 0.253 e. The van der Waals surface area contributed by atoms with Gasteiger partial charge in [0.2, 0.25) is 0 Å². The highest BCUT2D eigenvalue weighted by atomic mass is 35.5. The van der Waals surface area contributed by atoms with E-state index in [1.807, 2.05) is 6.92 Å². The van der Waals surface area contributed by atoms with Crippen molar-refractivity contribution in [2.75, 3.05) is 13.2 Å². The van der Waals surface area contributed by atoms with Gasteiger partial charge in [-0.25, -0.2) is 8.78 Å². The van der Waals surface area contributed by atoms with E-state index in [1.165, 1.54) is 17.4 Å². The van der Waals surface area contributed by atoms with Gasteiger partial charge in [-0.05, 0) is 25.1 Å². The highest BCUT2D eigenvalue weighted by Crippen LogP contribution is 2.23. The molecular formula is C17H15ClF2N2O2S2. The standard InChI is InChI=1S/C17H15ClF2N2O2S2/c1-2-24-6-5-22-16-12(20)7-10(19)8-13(16)26-17(22)21-15(23)9-11-3-4-14(18)25-11/h3-4,7-8H,2,5-6,9H2,1H3. The van der Waals surface area contributed by atoms with E-state index in [0.29, 0.717) is 33.6 Å². The van der Waals surface area contributed by atoms with E-state index in [-0.39, 0.29) is 17.8 Å². The fraction of sp³-hybridized carbons (Fsp3) is 0.294. The van der Waals surface area contributed by atoms with Crippen molar-refractivity contribution in [3.05, 3.63) is 49.9 Å². The Labute approximate surface area is 161 Å². The summed E-state index contributed by atoms with van der Waals surface area (Å²) in [5.74, 6) is -1.73. The molecular weight excluding hydrogens is 402 g/mol. The Bertz CT molecular complexity index is 1010. The molecule has 0 bridgehead atoms. The van der Waals surface area contributed by atoms with Crippen LogP contribution in [0.15, 0.2) is 29.3 Å². The Balaban J connectivity index is 2.00. The molecule has 0 atom stereocenters. The van der Waals surface area contributed by atoms with Gasteiger partial charge in [0.1, 0.15) is 5.82 Å². The number of nitrogens with zero attached hydrogens (tertiary/aromatic N) is 2. The van der Waals surface area contributed by atoms with Crippen LogP contribution < -0.4 is 4.80 Å². The van der Waals surface area contributed by atoms with Gasteiger partial charge in [-0.3, -0.25) is 4.79 Å². The number of halogens is 3. The summed E-state index contributed by atoms with van der Waals surface area (Å²) in [6, 6.07) is 5.55. The Morgan fingerprint density at radius 1 is 1.31 bits per heavy atom. The monoisotopic (exact) mass is 416 g/mol. The summed E-state index contributed by atoms with van der Waals surface area (Å²) in [6.45, 7) is 3.02. The van der Waals surface area contributed by atoms with Gasteiger partial charge in [-0.15, -0.1) is 11.3 Å². The summed E-state index contributed by atoms with van der Waals surface area (Å²) < 4.78 is 35.7. The average molecular weight is 417 g/mol. The molecule has 0 fully saturated rings. The fourth-order valence-corrected chi connectivity index (χ4v) is 4.66. The number of carbonyl (C=O) groups is 1. The lowest BCUT2D eigenvalue weighted by molar-refractivity contribution is -0.117. The molecule has 9 heteroatoms. The van der Waals surface area contributed by atoms with Gasteiger partial charge in [0.05, 0.1) is 27.6 Å². The molecule has 2 aromatic heterocycles. The molecule has 1 amide bonds. The van der Waals surface area contributed by atoms with Crippen LogP contribution in [-0.2, 0) is 22.5 Å². The molecule has 0 spiro atoms. The zero-order valence-electron chi connectivity index (χ0n) is 13.8. The molecule has 138 valence electrons. The van der Waals surface area contributed by atoms with Crippen molar-refractivity contribution in [2.45, 2.75) is 19.9 Å². The zero-order chi connectivity index (χ0) is 18.7. The second-order valence-corrected chi connectivity index (χ2v) is 8.16. The summed E-state index contributed by atoms with van der Waals surface area (Å²) in [5.41, 5.74) is 0.224. The highest BCUT2D eigenvalue weighted by molar-refractivity contribution is 7.16. The van der Waals surface area contributed by atoms with Crippen molar-refractivity contribution in [1.29, 1.82) is 0 Å². The molecule has 0 saturated carbocycles. The van der Waals surface area contributed by atoms with Crippen molar-refractivity contribution in [3.8, 4) is 0 Å². The molecule has 0 unspecified atom stereocenters. The maximum atomic E-state index is 14.3. The van der Waals surface area contributed by atoms with Crippen molar-refractivity contribution in [3.63, 3.8) is 0 Å². The van der Waals surface area contributed by atoms with Crippen LogP contribution in [0.2, 0.25) is 4.34 Å². The normalized spacial score (nSPS) is 12.2. The quantitative estimate of drug-likeness (QED) is 0.559. The van der Waals surface area contributed by atoms with E-state index in [2.05, 4.69) is 4.99 Å². The molecule has 3 rings (SSSR count). The van der Waals surface area contributed by atoms with Gasteiger partial charge >= 0.3 is 0 Å². The van der Waals surface area contributed by atoms with Crippen LogP contribution in [0.3, 0.4) is 0 Å². The molecule has 0 saturated heterocycles. The predicted molar refractivity (Wildman–Crippen MR) is 99.8 cm³/mol. The van der Waals surface area contributed by atoms with Crippen LogP contribution in [0.5, 0.6) is 0 Å². The molecule has 0 aliphatic heterocycles. The molecule has 4 nitrogen and oxygen atoms in total. The first-order valence-electron chi connectivity index (χ1n) is 7.86. The highest BCUT2D eigenvalue weighted by Gasteiger charge is 2.14. The number of ether oxygens (including phenoxy) is 1. The van der Waals surface area contributed by atoms with Gasteiger partial charge < -0.3 is 9.30 Å². The predicted octanol–water partition coefficient (Wildman–Crippen LogP) is 4.40. The minimum absolute atomic E-state index is 0.105. The summed E-state index contributed by atoms with van der Waals surface area (Å²) in [5, 5.41) is 0. The number of carbonyl (C=O) groups excluding carboxylic acids is 1. The number of thiophene rings is 1. The Hall–Kier alpha value is -1.61. The zero-order valence-corrected chi connectivity index (χ0v) is 16.2. The smallest absolute Gasteiger partial charge is 0.253 e. The molecule has 2 heterocycles. The first-order valence-corrected chi connectivity index (χ1v) is 9.87. The number of fused-ring (bicyclic) bond motifs is 1. The minimum Gasteiger partial charge on any atom is -0.380 e. The molecule has 0 N–H and O–H groups in total. The maximum absolute atomic E-state index is 14.3. The summed E-state index contributed by atoms with van der Waals surface area (Å²) >= 11 is 8.25. The van der Waals surface area contributed by atoms with Crippen LogP contribution >= 0.6 is 34.3 Å². The molecule has 26 heavy (non-hydrogen) atoms. The first kappa shape index (κ1) is 19.2. The number of amides is 1. The van der Waals surface area contributed by atoms with E-state index in [4.69, 9.17) is 16.3 Å². The van der Waals surface area contributed by atoms with Crippen LogP contribution in [0, 0.1) is 11.6 Å². The van der Waals surface area contributed by atoms with Gasteiger partial charge in [0, 0.05) is 24.1 Å². The third-order valence-electron chi connectivity index (χ3n) is 3.53. The molecule has 1 aromatic carbocycles. The largest absolute Gasteiger partial charge is 0.380 e. The Morgan fingerprint density at radius 3 is 2.81 bits per heavy atom. The first-order chi connectivity index (χ1) is 12.5. The van der Waals surface area contributed by atoms with E-state index >= 15 is 0 Å². The number of rotatable bonds is 6. The average Bonchev–Trinajstić information content (AvgIpc) is 3.11.